The molecule has 1 aromatic heterocycles. The van der Waals surface area contributed by atoms with Crippen LogP contribution in [0.3, 0.4) is 0 Å². The summed E-state index contributed by atoms with van der Waals surface area (Å²) in [7, 11) is 1.60. The Morgan fingerprint density at radius 3 is 2.47 bits per heavy atom. The lowest BCUT2D eigenvalue weighted by atomic mass is 9.90. The summed E-state index contributed by atoms with van der Waals surface area (Å²) in [6.45, 7) is 3.19. The fourth-order valence-corrected chi connectivity index (χ4v) is 1.52. The van der Waals surface area contributed by atoms with Crippen LogP contribution in [0, 0.1) is 0 Å². The van der Waals surface area contributed by atoms with Crippen LogP contribution in [-0.2, 0) is 10.2 Å². The van der Waals surface area contributed by atoms with E-state index >= 15 is 0 Å². The summed E-state index contributed by atoms with van der Waals surface area (Å²) < 4.78 is 6.61. The highest BCUT2D eigenvalue weighted by Gasteiger charge is 2.32. The topological polar surface area (TPSA) is 77.2 Å². The molecule has 1 heterocycles. The van der Waals surface area contributed by atoms with Gasteiger partial charge in [-0.25, -0.2) is 4.68 Å². The average molecular weight is 261 g/mol. The molecule has 0 unspecified atom stereocenters. The van der Waals surface area contributed by atoms with Gasteiger partial charge in [-0.3, -0.25) is 4.79 Å². The van der Waals surface area contributed by atoms with Crippen LogP contribution < -0.4 is 4.74 Å². The monoisotopic (exact) mass is 261 g/mol. The first-order valence-electron chi connectivity index (χ1n) is 5.76. The summed E-state index contributed by atoms with van der Waals surface area (Å²) in [5.41, 5.74) is 0.140. The molecule has 1 aromatic carbocycles. The molecule has 0 fully saturated rings. The standard InChI is InChI=1S/C13H15N3O3/c1-13(2,12(17)18)11-8-16(15-14-11)9-4-6-10(19-3)7-5-9/h4-8H,1-3H3,(H,17,18). The van der Waals surface area contributed by atoms with Crippen molar-refractivity contribution in [2.45, 2.75) is 19.3 Å². The smallest absolute Gasteiger partial charge is 0.315 e. The molecule has 2 rings (SSSR count). The van der Waals surface area contributed by atoms with Crippen LogP contribution in [0.4, 0.5) is 0 Å². The van der Waals surface area contributed by atoms with Crippen molar-refractivity contribution >= 4 is 5.97 Å². The average Bonchev–Trinajstić information content (AvgIpc) is 2.89. The molecule has 0 bridgehead atoms. The molecule has 6 nitrogen and oxygen atoms in total. The van der Waals surface area contributed by atoms with Crippen LogP contribution in [0.1, 0.15) is 19.5 Å². The van der Waals surface area contributed by atoms with Crippen LogP contribution in [0.2, 0.25) is 0 Å². The molecule has 0 spiro atoms. The van der Waals surface area contributed by atoms with E-state index in [1.165, 1.54) is 0 Å². The van der Waals surface area contributed by atoms with Crippen molar-refractivity contribution in [3.63, 3.8) is 0 Å². The number of carboxylic acids is 1. The van der Waals surface area contributed by atoms with Gasteiger partial charge in [0.15, 0.2) is 0 Å². The summed E-state index contributed by atoms with van der Waals surface area (Å²) in [6.07, 6.45) is 1.62. The third-order valence-corrected chi connectivity index (χ3v) is 3.01. The fourth-order valence-electron chi connectivity index (χ4n) is 1.52. The van der Waals surface area contributed by atoms with Gasteiger partial charge >= 0.3 is 5.97 Å². The number of hydrogen-bond acceptors (Lipinski definition) is 4. The van der Waals surface area contributed by atoms with Gasteiger partial charge in [0.25, 0.3) is 0 Å². The van der Waals surface area contributed by atoms with Crippen molar-refractivity contribution < 1.29 is 14.6 Å². The van der Waals surface area contributed by atoms with E-state index in [1.807, 2.05) is 12.1 Å². The maximum Gasteiger partial charge on any atom is 0.315 e. The number of ether oxygens (including phenoxy) is 1. The van der Waals surface area contributed by atoms with E-state index in [2.05, 4.69) is 10.3 Å². The van der Waals surface area contributed by atoms with Crippen LogP contribution in [-0.4, -0.2) is 33.2 Å². The number of benzene rings is 1. The number of carbonyl (C=O) groups is 1. The molecule has 2 aromatic rings. The van der Waals surface area contributed by atoms with Crippen molar-refractivity contribution in [3.8, 4) is 11.4 Å². The highest BCUT2D eigenvalue weighted by Crippen LogP contribution is 2.22. The van der Waals surface area contributed by atoms with E-state index in [4.69, 9.17) is 9.84 Å². The van der Waals surface area contributed by atoms with Gasteiger partial charge in [0, 0.05) is 0 Å². The second kappa shape index (κ2) is 4.72. The van der Waals surface area contributed by atoms with Gasteiger partial charge in [-0.05, 0) is 38.1 Å². The van der Waals surface area contributed by atoms with Gasteiger partial charge in [0.2, 0.25) is 0 Å². The summed E-state index contributed by atoms with van der Waals surface area (Å²) >= 11 is 0. The SMILES string of the molecule is COc1ccc(-n2cc(C(C)(C)C(=O)O)nn2)cc1. The summed E-state index contributed by atoms with van der Waals surface area (Å²) in [5, 5.41) is 17.0. The number of hydrogen-bond donors (Lipinski definition) is 1. The molecule has 1 N–H and O–H groups in total. The van der Waals surface area contributed by atoms with Crippen molar-refractivity contribution in [2.24, 2.45) is 0 Å². The van der Waals surface area contributed by atoms with Gasteiger partial charge < -0.3 is 9.84 Å². The molecule has 0 aliphatic heterocycles. The first-order chi connectivity index (χ1) is 8.95. The van der Waals surface area contributed by atoms with E-state index in [0.29, 0.717) is 5.69 Å². The molecule has 6 heteroatoms. The number of aromatic nitrogens is 3. The number of rotatable bonds is 4. The van der Waals surface area contributed by atoms with Crippen molar-refractivity contribution in [3.05, 3.63) is 36.2 Å². The highest BCUT2D eigenvalue weighted by molar-refractivity contribution is 5.79. The lowest BCUT2D eigenvalue weighted by molar-refractivity contribution is -0.142. The Kier molecular flexibility index (Phi) is 3.25. The van der Waals surface area contributed by atoms with Gasteiger partial charge in [-0.1, -0.05) is 5.21 Å². The normalized spacial score (nSPS) is 11.3. The van der Waals surface area contributed by atoms with E-state index in [9.17, 15) is 4.79 Å². The molecule has 0 aliphatic rings. The van der Waals surface area contributed by atoms with E-state index in [1.54, 1.807) is 44.0 Å². The zero-order chi connectivity index (χ0) is 14.0. The Morgan fingerprint density at radius 2 is 1.95 bits per heavy atom. The first-order valence-corrected chi connectivity index (χ1v) is 5.76. The van der Waals surface area contributed by atoms with E-state index in [0.717, 1.165) is 11.4 Å². The van der Waals surface area contributed by atoms with Gasteiger partial charge in [0.1, 0.15) is 11.2 Å². The molecule has 0 radical (unpaired) electrons. The summed E-state index contributed by atoms with van der Waals surface area (Å²) in [4.78, 5) is 11.2. The maximum absolute atomic E-state index is 11.2. The Hall–Kier alpha value is -2.37. The van der Waals surface area contributed by atoms with Gasteiger partial charge in [0.05, 0.1) is 24.7 Å². The Balaban J connectivity index is 2.32. The third kappa shape index (κ3) is 2.42. The second-order valence-electron chi connectivity index (χ2n) is 4.68. The molecule has 0 atom stereocenters. The van der Waals surface area contributed by atoms with Crippen molar-refractivity contribution in [1.82, 2.24) is 15.0 Å². The molecular weight excluding hydrogens is 246 g/mol. The lowest BCUT2D eigenvalue weighted by Gasteiger charge is -2.14. The van der Waals surface area contributed by atoms with Gasteiger partial charge in [-0.15, -0.1) is 5.10 Å². The number of nitrogens with zero attached hydrogens (tertiary/aromatic N) is 3. The zero-order valence-electron chi connectivity index (χ0n) is 11.0. The largest absolute Gasteiger partial charge is 0.497 e. The molecule has 0 saturated heterocycles. The van der Waals surface area contributed by atoms with E-state index in [-0.39, 0.29) is 0 Å². The molecule has 19 heavy (non-hydrogen) atoms. The minimum atomic E-state index is -1.06. The van der Waals surface area contributed by atoms with Crippen molar-refractivity contribution in [1.29, 1.82) is 0 Å². The molecular formula is C13H15N3O3. The lowest BCUT2D eigenvalue weighted by Crippen LogP contribution is -2.28. The summed E-state index contributed by atoms with van der Waals surface area (Å²) in [5.74, 6) is -0.191. The molecule has 0 amide bonds. The molecule has 0 aliphatic carbocycles. The maximum atomic E-state index is 11.2. The minimum Gasteiger partial charge on any atom is -0.497 e. The van der Waals surface area contributed by atoms with Crippen LogP contribution in [0.5, 0.6) is 5.75 Å². The van der Waals surface area contributed by atoms with Crippen LogP contribution >= 0.6 is 0 Å². The Labute approximate surface area is 110 Å². The Morgan fingerprint density at radius 1 is 1.32 bits per heavy atom. The quantitative estimate of drug-likeness (QED) is 0.905. The third-order valence-electron chi connectivity index (χ3n) is 3.01. The number of carboxylic acid groups (broad SMARTS) is 1. The summed E-state index contributed by atoms with van der Waals surface area (Å²) in [6, 6.07) is 7.26. The van der Waals surface area contributed by atoms with Crippen LogP contribution in [0.15, 0.2) is 30.5 Å². The van der Waals surface area contributed by atoms with Gasteiger partial charge in [-0.2, -0.15) is 0 Å². The predicted octanol–water partition coefficient (Wildman–Crippen LogP) is 1.64. The molecule has 100 valence electrons. The zero-order valence-corrected chi connectivity index (χ0v) is 11.0. The predicted molar refractivity (Wildman–Crippen MR) is 68.6 cm³/mol. The highest BCUT2D eigenvalue weighted by atomic mass is 16.5. The fraction of sp³-hybridized carbons (Fsp3) is 0.308. The number of methoxy groups -OCH3 is 1. The van der Waals surface area contributed by atoms with Crippen LogP contribution in [0.25, 0.3) is 5.69 Å². The first kappa shape index (κ1) is 13.1. The van der Waals surface area contributed by atoms with Crippen molar-refractivity contribution in [2.75, 3.05) is 7.11 Å². The number of aliphatic carboxylic acids is 1. The Bertz CT molecular complexity index is 587. The molecule has 0 saturated carbocycles. The van der Waals surface area contributed by atoms with E-state index < -0.39 is 11.4 Å². The second-order valence-corrected chi connectivity index (χ2v) is 4.68. The minimum absolute atomic E-state index is 0.413.